The Hall–Kier alpha value is -2.80. The second-order valence-electron chi connectivity index (χ2n) is 6.67. The van der Waals surface area contributed by atoms with Crippen molar-refractivity contribution in [1.82, 2.24) is 19.3 Å². The molecule has 3 rings (SSSR count). The lowest BCUT2D eigenvalue weighted by Crippen LogP contribution is -2.16. The van der Waals surface area contributed by atoms with Gasteiger partial charge in [0, 0.05) is 37.6 Å². The van der Waals surface area contributed by atoms with Crippen LogP contribution >= 0.6 is 11.8 Å². The first-order chi connectivity index (χ1) is 13.5. The number of benzene rings is 1. The first-order valence-corrected chi connectivity index (χ1v) is 10.1. The molecule has 0 radical (unpaired) electrons. The summed E-state index contributed by atoms with van der Waals surface area (Å²) in [5, 5.41) is 12.3. The predicted molar refractivity (Wildman–Crippen MR) is 114 cm³/mol. The maximum Gasteiger partial charge on any atom is 0.234 e. The second kappa shape index (κ2) is 8.93. The third-order valence-corrected chi connectivity index (χ3v) is 5.67. The number of allylic oxidation sites excluding steroid dienone is 1. The molecule has 2 heterocycles. The number of nitrogens with one attached hydrogen (secondary N) is 1. The molecule has 0 atom stereocenters. The van der Waals surface area contributed by atoms with Gasteiger partial charge in [0.05, 0.1) is 5.75 Å². The molecule has 0 bridgehead atoms. The molecule has 146 valence electrons. The maximum atomic E-state index is 12.4. The van der Waals surface area contributed by atoms with E-state index in [-0.39, 0.29) is 11.7 Å². The number of carbonyl (C=O) groups is 1. The van der Waals surface area contributed by atoms with E-state index in [4.69, 9.17) is 0 Å². The number of hydrogen-bond acceptors (Lipinski definition) is 4. The Labute approximate surface area is 169 Å². The molecule has 1 N–H and O–H groups in total. The van der Waals surface area contributed by atoms with Crippen molar-refractivity contribution in [2.24, 2.45) is 7.05 Å². The van der Waals surface area contributed by atoms with Gasteiger partial charge >= 0.3 is 0 Å². The molecule has 0 aliphatic heterocycles. The minimum atomic E-state index is -0.0594. The van der Waals surface area contributed by atoms with Crippen LogP contribution in [0.2, 0.25) is 0 Å². The van der Waals surface area contributed by atoms with Gasteiger partial charge in [-0.25, -0.2) is 0 Å². The Bertz CT molecular complexity index is 989. The Morgan fingerprint density at radius 3 is 2.79 bits per heavy atom. The van der Waals surface area contributed by atoms with Crippen LogP contribution in [0.15, 0.2) is 54.3 Å². The molecule has 0 saturated carbocycles. The summed E-state index contributed by atoms with van der Waals surface area (Å²) in [6.45, 7) is 8.48. The summed E-state index contributed by atoms with van der Waals surface area (Å²) in [6, 6.07) is 9.98. The summed E-state index contributed by atoms with van der Waals surface area (Å²) in [4.78, 5) is 12.4. The number of thioether (sulfide) groups is 1. The highest BCUT2D eigenvalue weighted by atomic mass is 32.2. The van der Waals surface area contributed by atoms with E-state index in [0.29, 0.717) is 13.0 Å². The van der Waals surface area contributed by atoms with Gasteiger partial charge in [-0.15, -0.1) is 16.8 Å². The highest BCUT2D eigenvalue weighted by Crippen LogP contribution is 2.21. The van der Waals surface area contributed by atoms with E-state index in [9.17, 15) is 4.79 Å². The van der Waals surface area contributed by atoms with E-state index in [1.54, 1.807) is 0 Å². The number of aromatic nitrogens is 4. The number of nitrogens with zero attached hydrogens (tertiary/aromatic N) is 4. The van der Waals surface area contributed by atoms with Crippen molar-refractivity contribution in [3.05, 3.63) is 71.8 Å². The molecule has 1 amide bonds. The fourth-order valence-corrected chi connectivity index (χ4v) is 3.68. The fraction of sp³-hybridized carbons (Fsp3) is 0.286. The van der Waals surface area contributed by atoms with Crippen LogP contribution in [0.25, 0.3) is 0 Å². The summed E-state index contributed by atoms with van der Waals surface area (Å²) < 4.78 is 4.08. The number of aryl methyl sites for hydroxylation is 2. The van der Waals surface area contributed by atoms with Crippen LogP contribution in [0.1, 0.15) is 22.6 Å². The number of carbonyl (C=O) groups excluding carboxylic acids is 1. The molecule has 6 nitrogen and oxygen atoms in total. The van der Waals surface area contributed by atoms with Crippen molar-refractivity contribution in [3.8, 4) is 0 Å². The average Bonchev–Trinajstić information content (AvgIpc) is 3.25. The van der Waals surface area contributed by atoms with Crippen LogP contribution in [0.3, 0.4) is 0 Å². The number of rotatable bonds is 8. The Balaban J connectivity index is 1.68. The number of hydrogen-bond donors (Lipinski definition) is 1. The quantitative estimate of drug-likeness (QED) is 0.466. The third-order valence-electron chi connectivity index (χ3n) is 4.71. The second-order valence-corrected chi connectivity index (χ2v) is 7.61. The van der Waals surface area contributed by atoms with Crippen molar-refractivity contribution in [1.29, 1.82) is 0 Å². The SMILES string of the molecule is C=CCn1c(Cc2cccn2C)nnc1SCC(=O)Nc1cccc(C)c1C. The van der Waals surface area contributed by atoms with Gasteiger partial charge in [-0.2, -0.15) is 0 Å². The predicted octanol–water partition coefficient (Wildman–Crippen LogP) is 3.74. The van der Waals surface area contributed by atoms with Crippen molar-refractivity contribution < 1.29 is 4.79 Å². The van der Waals surface area contributed by atoms with E-state index in [1.807, 2.05) is 62.0 Å². The minimum absolute atomic E-state index is 0.0594. The molecule has 0 aliphatic rings. The van der Waals surface area contributed by atoms with Crippen LogP contribution in [-0.4, -0.2) is 31.0 Å². The zero-order valence-electron chi connectivity index (χ0n) is 16.5. The van der Waals surface area contributed by atoms with Gasteiger partial charge in [-0.3, -0.25) is 4.79 Å². The number of amides is 1. The van der Waals surface area contributed by atoms with Gasteiger partial charge in [0.15, 0.2) is 5.16 Å². The zero-order chi connectivity index (χ0) is 20.1. The van der Waals surface area contributed by atoms with Crippen molar-refractivity contribution in [2.75, 3.05) is 11.1 Å². The first-order valence-electron chi connectivity index (χ1n) is 9.11. The molecule has 3 aromatic rings. The molecule has 1 aromatic carbocycles. The standard InChI is InChI=1S/C21H25N5OS/c1-5-11-26-19(13-17-9-7-12-25(17)4)23-24-21(26)28-14-20(27)22-18-10-6-8-15(2)16(18)3/h5-10,12H,1,11,13-14H2,2-4H3,(H,22,27). The van der Waals surface area contributed by atoms with Crippen LogP contribution in [0.5, 0.6) is 0 Å². The molecule has 28 heavy (non-hydrogen) atoms. The summed E-state index contributed by atoms with van der Waals surface area (Å²) in [5.74, 6) is 1.07. The highest BCUT2D eigenvalue weighted by Gasteiger charge is 2.15. The van der Waals surface area contributed by atoms with Gasteiger partial charge in [-0.1, -0.05) is 30.0 Å². The summed E-state index contributed by atoms with van der Waals surface area (Å²) in [6.07, 6.45) is 4.51. The van der Waals surface area contributed by atoms with Gasteiger partial charge in [0.2, 0.25) is 5.91 Å². The van der Waals surface area contributed by atoms with Gasteiger partial charge < -0.3 is 14.5 Å². The number of anilines is 1. The van der Waals surface area contributed by atoms with Crippen LogP contribution in [-0.2, 0) is 24.8 Å². The summed E-state index contributed by atoms with van der Waals surface area (Å²) >= 11 is 1.38. The molecule has 0 spiro atoms. The lowest BCUT2D eigenvalue weighted by molar-refractivity contribution is -0.113. The monoisotopic (exact) mass is 395 g/mol. The smallest absolute Gasteiger partial charge is 0.234 e. The molecule has 2 aromatic heterocycles. The molecule has 0 fully saturated rings. The lowest BCUT2D eigenvalue weighted by Gasteiger charge is -2.11. The first kappa shape index (κ1) is 19.9. The highest BCUT2D eigenvalue weighted by molar-refractivity contribution is 7.99. The average molecular weight is 396 g/mol. The molecular formula is C21H25N5OS. The largest absolute Gasteiger partial charge is 0.354 e. The summed E-state index contributed by atoms with van der Waals surface area (Å²) in [5.41, 5.74) is 4.24. The molecule has 0 unspecified atom stereocenters. The van der Waals surface area contributed by atoms with Crippen molar-refractivity contribution in [2.45, 2.75) is 32.0 Å². The van der Waals surface area contributed by atoms with Gasteiger partial charge in [-0.05, 0) is 43.2 Å². The Morgan fingerprint density at radius 2 is 2.07 bits per heavy atom. The van der Waals surface area contributed by atoms with E-state index in [2.05, 4.69) is 32.7 Å². The maximum absolute atomic E-state index is 12.4. The van der Waals surface area contributed by atoms with Crippen LogP contribution in [0.4, 0.5) is 5.69 Å². The zero-order valence-corrected chi connectivity index (χ0v) is 17.3. The topological polar surface area (TPSA) is 64.7 Å². The molecule has 0 aliphatic carbocycles. The molecule has 0 saturated heterocycles. The lowest BCUT2D eigenvalue weighted by atomic mass is 10.1. The van der Waals surface area contributed by atoms with Crippen molar-refractivity contribution in [3.63, 3.8) is 0 Å². The van der Waals surface area contributed by atoms with Crippen LogP contribution in [0, 0.1) is 13.8 Å². The Morgan fingerprint density at radius 1 is 1.25 bits per heavy atom. The summed E-state index contributed by atoms with van der Waals surface area (Å²) in [7, 11) is 2.01. The van der Waals surface area contributed by atoms with Crippen molar-refractivity contribution >= 4 is 23.4 Å². The van der Waals surface area contributed by atoms with Crippen LogP contribution < -0.4 is 5.32 Å². The molecule has 7 heteroatoms. The van der Waals surface area contributed by atoms with Gasteiger partial charge in [0.25, 0.3) is 0 Å². The normalized spacial score (nSPS) is 10.8. The minimum Gasteiger partial charge on any atom is -0.354 e. The van der Waals surface area contributed by atoms with E-state index < -0.39 is 0 Å². The third kappa shape index (κ3) is 4.54. The Kier molecular flexibility index (Phi) is 6.36. The van der Waals surface area contributed by atoms with E-state index in [0.717, 1.165) is 33.5 Å². The van der Waals surface area contributed by atoms with E-state index >= 15 is 0 Å². The molecular weight excluding hydrogens is 370 g/mol. The van der Waals surface area contributed by atoms with E-state index in [1.165, 1.54) is 11.8 Å². The van der Waals surface area contributed by atoms with Gasteiger partial charge in [0.1, 0.15) is 5.82 Å². The fourth-order valence-electron chi connectivity index (χ4n) is 2.91.